The van der Waals surface area contributed by atoms with Crippen molar-refractivity contribution >= 4 is 5.91 Å². The van der Waals surface area contributed by atoms with E-state index >= 15 is 0 Å². The van der Waals surface area contributed by atoms with Crippen LogP contribution in [0.1, 0.15) is 77.9 Å². The zero-order chi connectivity index (χ0) is 23.3. The maximum atomic E-state index is 12.5. The fraction of sp³-hybridized carbons (Fsp3) is 0.607. The fourth-order valence-corrected chi connectivity index (χ4v) is 5.72. The Hall–Kier alpha value is -1.91. The van der Waals surface area contributed by atoms with Gasteiger partial charge in [-0.3, -0.25) is 4.79 Å². The third-order valence-corrected chi connectivity index (χ3v) is 7.15. The molecule has 0 spiro atoms. The highest BCUT2D eigenvalue weighted by Gasteiger charge is 2.43. The Bertz CT molecular complexity index is 790. The first kappa shape index (κ1) is 24.7. The zero-order valence-corrected chi connectivity index (χ0v) is 20.2. The van der Waals surface area contributed by atoms with E-state index in [1.807, 2.05) is 47.4 Å². The van der Waals surface area contributed by atoms with E-state index in [2.05, 4.69) is 33.8 Å². The Balaban J connectivity index is 1.47. The first-order valence-corrected chi connectivity index (χ1v) is 12.4. The van der Waals surface area contributed by atoms with Gasteiger partial charge in [0.2, 0.25) is 5.91 Å². The van der Waals surface area contributed by atoms with Crippen molar-refractivity contribution in [3.05, 3.63) is 59.7 Å². The molecule has 4 nitrogen and oxygen atoms in total. The number of rotatable bonds is 10. The van der Waals surface area contributed by atoms with E-state index in [9.17, 15) is 15.0 Å². The number of allylic oxidation sites excluding steroid dienone is 2. The van der Waals surface area contributed by atoms with E-state index in [1.54, 1.807) is 0 Å². The summed E-state index contributed by atoms with van der Waals surface area (Å²) in [5.41, 5.74) is 2.35. The maximum absolute atomic E-state index is 12.5. The third-order valence-electron chi connectivity index (χ3n) is 7.15. The number of amides is 1. The zero-order valence-electron chi connectivity index (χ0n) is 20.2. The lowest BCUT2D eigenvalue weighted by Gasteiger charge is -2.30. The first-order chi connectivity index (χ1) is 15.3. The summed E-state index contributed by atoms with van der Waals surface area (Å²) in [7, 11) is 0. The average molecular weight is 440 g/mol. The Morgan fingerprint density at radius 1 is 1.12 bits per heavy atom. The number of aliphatic hydroxyl groups excluding tert-OH is 2. The van der Waals surface area contributed by atoms with E-state index in [-0.39, 0.29) is 30.0 Å². The molecular weight excluding hydrogens is 398 g/mol. The van der Waals surface area contributed by atoms with Crippen LogP contribution in [0, 0.1) is 17.8 Å². The Labute approximate surface area is 194 Å². The minimum atomic E-state index is -0.634. The summed E-state index contributed by atoms with van der Waals surface area (Å²) in [6.45, 7) is 8.33. The largest absolute Gasteiger partial charge is 0.392 e. The Morgan fingerprint density at radius 2 is 1.81 bits per heavy atom. The van der Waals surface area contributed by atoms with Crippen molar-refractivity contribution in [2.75, 3.05) is 0 Å². The Kier molecular flexibility index (Phi) is 8.72. The van der Waals surface area contributed by atoms with E-state index in [0.29, 0.717) is 18.3 Å². The quantitative estimate of drug-likeness (QED) is 0.378. The number of benzene rings is 1. The van der Waals surface area contributed by atoms with Crippen molar-refractivity contribution in [1.82, 2.24) is 4.90 Å². The number of fused-ring (bicyclic) bond motifs is 1. The predicted octanol–water partition coefficient (Wildman–Crippen LogP) is 5.43. The van der Waals surface area contributed by atoms with Gasteiger partial charge in [0.05, 0.1) is 12.2 Å². The minimum absolute atomic E-state index is 0.0966. The SMILES string of the molecule is CC(C)N(C(=O)CCCCC1=C[C@H]2C[C@@H](O)[C@H](C=C[C@@H](O)c3ccccc3)[C@H]2C1)C(C)C. The molecule has 1 saturated carbocycles. The molecule has 2 aliphatic carbocycles. The predicted molar refractivity (Wildman–Crippen MR) is 130 cm³/mol. The summed E-state index contributed by atoms with van der Waals surface area (Å²) in [6, 6.07) is 10.1. The summed E-state index contributed by atoms with van der Waals surface area (Å²) in [5.74, 6) is 1.22. The second-order valence-electron chi connectivity index (χ2n) is 10.2. The van der Waals surface area contributed by atoms with Crippen LogP contribution in [-0.4, -0.2) is 39.2 Å². The molecule has 0 aromatic heterocycles. The number of unbranched alkanes of at least 4 members (excludes halogenated alkanes) is 1. The smallest absolute Gasteiger partial charge is 0.223 e. The molecule has 3 rings (SSSR count). The fourth-order valence-electron chi connectivity index (χ4n) is 5.72. The van der Waals surface area contributed by atoms with Crippen molar-refractivity contribution < 1.29 is 15.0 Å². The van der Waals surface area contributed by atoms with Gasteiger partial charge in [0.1, 0.15) is 0 Å². The molecule has 0 radical (unpaired) electrons. The van der Waals surface area contributed by atoms with E-state index in [1.165, 1.54) is 5.57 Å². The summed E-state index contributed by atoms with van der Waals surface area (Å²) in [6.07, 6.45) is 10.7. The minimum Gasteiger partial charge on any atom is -0.392 e. The summed E-state index contributed by atoms with van der Waals surface area (Å²) in [4.78, 5) is 14.5. The molecule has 0 unspecified atom stereocenters. The van der Waals surface area contributed by atoms with Gasteiger partial charge < -0.3 is 15.1 Å². The summed E-state index contributed by atoms with van der Waals surface area (Å²) >= 11 is 0. The molecule has 4 heteroatoms. The van der Waals surface area contributed by atoms with Gasteiger partial charge in [-0.15, -0.1) is 0 Å². The highest BCUT2D eigenvalue weighted by molar-refractivity contribution is 5.76. The van der Waals surface area contributed by atoms with Gasteiger partial charge >= 0.3 is 0 Å². The molecule has 1 fully saturated rings. The summed E-state index contributed by atoms with van der Waals surface area (Å²) in [5, 5.41) is 21.0. The lowest BCUT2D eigenvalue weighted by Crippen LogP contribution is -2.41. The van der Waals surface area contributed by atoms with Crippen molar-refractivity contribution in [3.63, 3.8) is 0 Å². The monoisotopic (exact) mass is 439 g/mol. The summed E-state index contributed by atoms with van der Waals surface area (Å²) < 4.78 is 0. The molecule has 0 bridgehead atoms. The molecule has 0 saturated heterocycles. The number of hydrogen-bond donors (Lipinski definition) is 2. The average Bonchev–Trinajstić information content (AvgIpc) is 3.26. The van der Waals surface area contributed by atoms with E-state index in [4.69, 9.17) is 0 Å². The molecule has 5 atom stereocenters. The third kappa shape index (κ3) is 6.11. The van der Waals surface area contributed by atoms with Gasteiger partial charge in [-0.05, 0) is 77.2 Å². The van der Waals surface area contributed by atoms with Gasteiger partial charge in [0.25, 0.3) is 0 Å². The molecule has 2 N–H and O–H groups in total. The van der Waals surface area contributed by atoms with E-state index in [0.717, 1.165) is 37.7 Å². The van der Waals surface area contributed by atoms with Gasteiger partial charge in [-0.1, -0.05) is 54.1 Å². The van der Waals surface area contributed by atoms with Crippen LogP contribution in [-0.2, 0) is 4.79 Å². The topological polar surface area (TPSA) is 60.8 Å². The van der Waals surface area contributed by atoms with Crippen LogP contribution in [0.2, 0.25) is 0 Å². The standard InChI is InChI=1S/C28H41NO3/c1-19(2)29(20(3)4)28(32)13-9-8-10-21-16-23-18-27(31)24(25(23)17-21)14-15-26(30)22-11-6-5-7-12-22/h5-7,11-12,14-16,19-20,23-27,30-31H,8-10,13,17-18H2,1-4H3/t23-,24+,25-,26+,27+/m0/s1. The van der Waals surface area contributed by atoms with Crippen LogP contribution in [0.25, 0.3) is 0 Å². The lowest BCUT2D eigenvalue weighted by molar-refractivity contribution is -0.134. The number of carbonyl (C=O) groups excluding carboxylic acids is 1. The molecular formula is C28H41NO3. The van der Waals surface area contributed by atoms with Crippen molar-refractivity contribution in [2.45, 2.75) is 90.5 Å². The molecule has 1 aromatic rings. The van der Waals surface area contributed by atoms with Gasteiger partial charge in [-0.2, -0.15) is 0 Å². The maximum Gasteiger partial charge on any atom is 0.223 e. The van der Waals surface area contributed by atoms with Crippen molar-refractivity contribution in [1.29, 1.82) is 0 Å². The lowest BCUT2D eigenvalue weighted by atomic mass is 9.88. The molecule has 2 aliphatic rings. The van der Waals surface area contributed by atoms with Crippen LogP contribution < -0.4 is 0 Å². The van der Waals surface area contributed by atoms with Crippen LogP contribution in [0.5, 0.6) is 0 Å². The number of nitrogens with zero attached hydrogens (tertiary/aromatic N) is 1. The second kappa shape index (κ2) is 11.3. The molecule has 32 heavy (non-hydrogen) atoms. The molecule has 0 heterocycles. The van der Waals surface area contributed by atoms with Gasteiger partial charge in [0.15, 0.2) is 0 Å². The van der Waals surface area contributed by atoms with Crippen LogP contribution in [0.4, 0.5) is 0 Å². The Morgan fingerprint density at radius 3 is 2.47 bits per heavy atom. The number of carbonyl (C=O) groups is 1. The molecule has 0 aliphatic heterocycles. The highest BCUT2D eigenvalue weighted by atomic mass is 16.3. The van der Waals surface area contributed by atoms with Gasteiger partial charge in [-0.25, -0.2) is 0 Å². The van der Waals surface area contributed by atoms with Crippen molar-refractivity contribution in [2.24, 2.45) is 17.8 Å². The van der Waals surface area contributed by atoms with Crippen LogP contribution in [0.3, 0.4) is 0 Å². The number of hydrogen-bond acceptors (Lipinski definition) is 3. The second-order valence-corrected chi connectivity index (χ2v) is 10.2. The molecule has 176 valence electrons. The molecule has 1 aromatic carbocycles. The first-order valence-electron chi connectivity index (χ1n) is 12.4. The highest BCUT2D eigenvalue weighted by Crippen LogP contribution is 2.48. The van der Waals surface area contributed by atoms with Crippen molar-refractivity contribution in [3.8, 4) is 0 Å². The molecule has 1 amide bonds. The van der Waals surface area contributed by atoms with E-state index < -0.39 is 6.10 Å². The van der Waals surface area contributed by atoms with Gasteiger partial charge in [0, 0.05) is 24.4 Å². The van der Waals surface area contributed by atoms with Crippen LogP contribution in [0.15, 0.2) is 54.1 Å². The number of aliphatic hydroxyl groups is 2. The van der Waals surface area contributed by atoms with Crippen LogP contribution >= 0.6 is 0 Å². The normalized spacial score (nSPS) is 26.1.